The number of halogens is 4. The van der Waals surface area contributed by atoms with Crippen LogP contribution in [-0.4, -0.2) is 25.9 Å². The largest absolute Gasteiger partial charge is 0.416 e. The molecule has 3 aromatic rings. The predicted octanol–water partition coefficient (Wildman–Crippen LogP) is 4.57. The molecule has 174 valence electrons. The number of anilines is 1. The molecule has 2 aromatic carbocycles. The highest BCUT2D eigenvalue weighted by molar-refractivity contribution is 7.92. The van der Waals surface area contributed by atoms with Crippen LogP contribution in [0.2, 0.25) is 5.02 Å². The number of nitrogens with zero attached hydrogens (tertiary/aromatic N) is 2. The number of hydrogen-bond donors (Lipinski definition) is 1. The van der Waals surface area contributed by atoms with Gasteiger partial charge in [-0.2, -0.15) is 13.2 Å². The van der Waals surface area contributed by atoms with Crippen LogP contribution in [0, 0.1) is 6.92 Å². The minimum absolute atomic E-state index is 0.0376. The van der Waals surface area contributed by atoms with Crippen molar-refractivity contribution in [2.75, 3.05) is 10.8 Å². The molecule has 0 atom stereocenters. The van der Waals surface area contributed by atoms with Gasteiger partial charge in [-0.1, -0.05) is 17.7 Å². The van der Waals surface area contributed by atoms with E-state index in [1.165, 1.54) is 12.1 Å². The van der Waals surface area contributed by atoms with E-state index < -0.39 is 39.1 Å². The van der Waals surface area contributed by atoms with Crippen LogP contribution in [0.25, 0.3) is 0 Å². The number of nitrogens with one attached hydrogen (secondary N) is 1. The average molecular weight is 498 g/mol. The Morgan fingerprint density at radius 1 is 1.06 bits per heavy atom. The first kappa shape index (κ1) is 24.5. The molecular weight excluding hydrogens is 479 g/mol. The van der Waals surface area contributed by atoms with Crippen molar-refractivity contribution in [2.24, 2.45) is 0 Å². The molecule has 0 radical (unpaired) electrons. The number of pyridine rings is 1. The lowest BCUT2D eigenvalue weighted by molar-refractivity contribution is -0.137. The normalized spacial score (nSPS) is 11.8. The van der Waals surface area contributed by atoms with Crippen LogP contribution in [0.1, 0.15) is 16.7 Å². The predicted molar refractivity (Wildman–Crippen MR) is 118 cm³/mol. The Hall–Kier alpha value is -3.11. The Bertz CT molecular complexity index is 1240. The fourth-order valence-corrected chi connectivity index (χ4v) is 4.65. The molecule has 0 spiro atoms. The number of sulfonamides is 1. The maximum atomic E-state index is 13.4. The Kier molecular flexibility index (Phi) is 7.28. The van der Waals surface area contributed by atoms with Crippen LogP contribution < -0.4 is 9.62 Å². The summed E-state index contributed by atoms with van der Waals surface area (Å²) in [5, 5.41) is 2.69. The van der Waals surface area contributed by atoms with Crippen LogP contribution >= 0.6 is 11.6 Å². The van der Waals surface area contributed by atoms with Gasteiger partial charge in [-0.25, -0.2) is 8.42 Å². The van der Waals surface area contributed by atoms with E-state index in [1.807, 2.05) is 0 Å². The van der Waals surface area contributed by atoms with Gasteiger partial charge in [0, 0.05) is 18.9 Å². The number of aryl methyl sites for hydroxylation is 1. The third kappa shape index (κ3) is 6.02. The zero-order valence-corrected chi connectivity index (χ0v) is 18.9. The lowest BCUT2D eigenvalue weighted by Crippen LogP contribution is -2.41. The summed E-state index contributed by atoms with van der Waals surface area (Å²) in [5.41, 5.74) is 0.482. The minimum Gasteiger partial charge on any atom is -0.350 e. The maximum absolute atomic E-state index is 13.4. The second kappa shape index (κ2) is 9.80. The van der Waals surface area contributed by atoms with E-state index in [4.69, 9.17) is 11.6 Å². The number of aromatic nitrogens is 1. The van der Waals surface area contributed by atoms with Crippen LogP contribution in [-0.2, 0) is 27.5 Å². The number of carbonyl (C=O) groups is 1. The van der Waals surface area contributed by atoms with Gasteiger partial charge in [0.1, 0.15) is 6.54 Å². The summed E-state index contributed by atoms with van der Waals surface area (Å²) in [4.78, 5) is 16.1. The van der Waals surface area contributed by atoms with E-state index in [1.54, 1.807) is 37.5 Å². The van der Waals surface area contributed by atoms with Crippen molar-refractivity contribution in [1.82, 2.24) is 10.3 Å². The van der Waals surface area contributed by atoms with Crippen molar-refractivity contribution in [3.05, 3.63) is 88.7 Å². The molecule has 1 aromatic heterocycles. The SMILES string of the molecule is Cc1ccc(Cl)c(N(CC(=O)NCc2ccncc2)S(=O)(=O)c2ccc(C(F)(F)F)cc2)c1. The first-order valence-corrected chi connectivity index (χ1v) is 11.4. The van der Waals surface area contributed by atoms with Crippen molar-refractivity contribution in [3.8, 4) is 0 Å². The molecule has 1 amide bonds. The first-order chi connectivity index (χ1) is 15.5. The zero-order chi connectivity index (χ0) is 24.2. The van der Waals surface area contributed by atoms with Crippen molar-refractivity contribution < 1.29 is 26.4 Å². The molecule has 33 heavy (non-hydrogen) atoms. The molecule has 0 fully saturated rings. The maximum Gasteiger partial charge on any atom is 0.416 e. The van der Waals surface area contributed by atoms with Gasteiger partial charge in [-0.15, -0.1) is 0 Å². The van der Waals surface area contributed by atoms with Crippen molar-refractivity contribution in [2.45, 2.75) is 24.5 Å². The van der Waals surface area contributed by atoms with Crippen LogP contribution in [0.4, 0.5) is 18.9 Å². The van der Waals surface area contributed by atoms with E-state index in [0.29, 0.717) is 17.7 Å². The van der Waals surface area contributed by atoms with Gasteiger partial charge in [0.25, 0.3) is 10.0 Å². The highest BCUT2D eigenvalue weighted by Crippen LogP contribution is 2.33. The molecule has 3 rings (SSSR count). The van der Waals surface area contributed by atoms with Gasteiger partial charge in [-0.3, -0.25) is 14.1 Å². The summed E-state index contributed by atoms with van der Waals surface area (Å²) in [6.07, 6.45) is -1.51. The van der Waals surface area contributed by atoms with E-state index in [9.17, 15) is 26.4 Å². The van der Waals surface area contributed by atoms with E-state index >= 15 is 0 Å². The molecule has 0 unspecified atom stereocenters. The number of hydrogen-bond acceptors (Lipinski definition) is 4. The molecule has 6 nitrogen and oxygen atoms in total. The Balaban J connectivity index is 1.94. The topological polar surface area (TPSA) is 79.4 Å². The van der Waals surface area contributed by atoms with Crippen LogP contribution in [0.5, 0.6) is 0 Å². The quantitative estimate of drug-likeness (QED) is 0.518. The Labute approximate surface area is 194 Å². The average Bonchev–Trinajstić information content (AvgIpc) is 2.78. The molecule has 0 saturated carbocycles. The zero-order valence-electron chi connectivity index (χ0n) is 17.3. The lowest BCUT2D eigenvalue weighted by Gasteiger charge is -2.25. The molecule has 11 heteroatoms. The summed E-state index contributed by atoms with van der Waals surface area (Å²) in [6.45, 7) is 1.22. The third-order valence-corrected chi connectivity index (χ3v) is 6.76. The molecule has 0 aliphatic heterocycles. The highest BCUT2D eigenvalue weighted by Gasteiger charge is 2.33. The standard InChI is InChI=1S/C22H19ClF3N3O3S/c1-15-2-7-19(23)20(12-15)29(14-21(30)28-13-16-8-10-27-11-9-16)33(31,32)18-5-3-17(4-6-18)22(24,25)26/h2-12H,13-14H2,1H3,(H,28,30). The minimum atomic E-state index is -4.62. The molecule has 0 bridgehead atoms. The summed E-state index contributed by atoms with van der Waals surface area (Å²) in [6, 6.07) is 11.1. The van der Waals surface area contributed by atoms with E-state index in [-0.39, 0.29) is 17.3 Å². The number of rotatable bonds is 7. The monoisotopic (exact) mass is 497 g/mol. The number of benzene rings is 2. The summed E-state index contributed by atoms with van der Waals surface area (Å²) in [5.74, 6) is -0.625. The first-order valence-electron chi connectivity index (χ1n) is 9.60. The summed E-state index contributed by atoms with van der Waals surface area (Å²) >= 11 is 6.23. The van der Waals surface area contributed by atoms with Gasteiger partial charge in [-0.05, 0) is 66.6 Å². The lowest BCUT2D eigenvalue weighted by atomic mass is 10.2. The van der Waals surface area contributed by atoms with Gasteiger partial charge in [0.05, 0.1) is 21.2 Å². The second-order valence-electron chi connectivity index (χ2n) is 7.12. The van der Waals surface area contributed by atoms with Gasteiger partial charge in [0.2, 0.25) is 5.91 Å². The molecule has 1 N–H and O–H groups in total. The fraction of sp³-hybridized carbons (Fsp3) is 0.182. The second-order valence-corrected chi connectivity index (χ2v) is 9.39. The third-order valence-electron chi connectivity index (χ3n) is 4.67. The Morgan fingerprint density at radius 2 is 1.70 bits per heavy atom. The van der Waals surface area contributed by atoms with Crippen molar-refractivity contribution in [3.63, 3.8) is 0 Å². The Morgan fingerprint density at radius 3 is 2.30 bits per heavy atom. The van der Waals surface area contributed by atoms with Crippen LogP contribution in [0.15, 0.2) is 71.9 Å². The smallest absolute Gasteiger partial charge is 0.350 e. The van der Waals surface area contributed by atoms with E-state index in [0.717, 1.165) is 22.0 Å². The molecule has 0 saturated heterocycles. The number of alkyl halides is 3. The molecular formula is C22H19ClF3N3O3S. The molecule has 0 aliphatic carbocycles. The van der Waals surface area contributed by atoms with Crippen LogP contribution in [0.3, 0.4) is 0 Å². The highest BCUT2D eigenvalue weighted by atomic mass is 35.5. The number of amides is 1. The molecule has 1 heterocycles. The number of carbonyl (C=O) groups excluding carboxylic acids is 1. The molecule has 0 aliphatic rings. The fourth-order valence-electron chi connectivity index (χ4n) is 2.94. The van der Waals surface area contributed by atoms with Crippen molar-refractivity contribution in [1.29, 1.82) is 0 Å². The van der Waals surface area contributed by atoms with Gasteiger partial charge in [0.15, 0.2) is 0 Å². The summed E-state index contributed by atoms with van der Waals surface area (Å²) < 4.78 is 66.2. The van der Waals surface area contributed by atoms with E-state index in [2.05, 4.69) is 10.3 Å². The van der Waals surface area contributed by atoms with Gasteiger partial charge >= 0.3 is 6.18 Å². The summed E-state index contributed by atoms with van der Waals surface area (Å²) in [7, 11) is -4.42. The van der Waals surface area contributed by atoms with Crippen molar-refractivity contribution >= 4 is 33.2 Å². The van der Waals surface area contributed by atoms with Gasteiger partial charge < -0.3 is 5.32 Å².